The molecule has 134 valence electrons. The molecule has 0 unspecified atom stereocenters. The zero-order valence-corrected chi connectivity index (χ0v) is 16.0. The molecule has 0 aliphatic heterocycles. The second-order valence-electron chi connectivity index (χ2n) is 9.84. The summed E-state index contributed by atoms with van der Waals surface area (Å²) in [7, 11) is 0. The molecule has 3 saturated carbocycles. The third-order valence-corrected chi connectivity index (χ3v) is 9.16. The third-order valence-electron chi connectivity index (χ3n) is 9.16. The molecule has 0 spiro atoms. The van der Waals surface area contributed by atoms with E-state index in [9.17, 15) is 9.90 Å². The molecule has 4 rings (SSSR count). The summed E-state index contributed by atoms with van der Waals surface area (Å²) >= 11 is 0. The molecule has 0 heterocycles. The van der Waals surface area contributed by atoms with Gasteiger partial charge in [-0.3, -0.25) is 4.79 Å². The number of hydrogen-bond donors (Lipinski definition) is 1. The minimum atomic E-state index is -0.489. The van der Waals surface area contributed by atoms with Crippen LogP contribution in [0.1, 0.15) is 85.5 Å². The highest BCUT2D eigenvalue weighted by molar-refractivity contribution is 5.97. The number of ketones is 1. The highest BCUT2D eigenvalue weighted by atomic mass is 16.3. The summed E-state index contributed by atoms with van der Waals surface area (Å²) in [5.74, 6) is 2.57. The molecule has 0 saturated heterocycles. The molecule has 2 heteroatoms. The van der Waals surface area contributed by atoms with Gasteiger partial charge < -0.3 is 5.11 Å². The van der Waals surface area contributed by atoms with Gasteiger partial charge in [-0.25, -0.2) is 0 Å². The van der Waals surface area contributed by atoms with Gasteiger partial charge in [0.25, 0.3) is 0 Å². The van der Waals surface area contributed by atoms with Crippen molar-refractivity contribution in [1.82, 2.24) is 0 Å². The standard InChI is InChI=1S/C22H34O2/c1-5-14-16-7-6-15-17(20(16,2)11-10-19(14)23)8-12-21(3)18(15)9-13-22(21,4)24/h15,17-18,24H,5-13H2,1-4H3/t15-,17+,18+,20-,21-,22+/m1/s1. The first-order valence-electron chi connectivity index (χ1n) is 10.2. The van der Waals surface area contributed by atoms with Gasteiger partial charge in [0.2, 0.25) is 0 Å². The maximum absolute atomic E-state index is 12.4. The number of aliphatic hydroxyl groups is 1. The molecular weight excluding hydrogens is 296 g/mol. The van der Waals surface area contributed by atoms with Gasteiger partial charge in [-0.2, -0.15) is 0 Å². The average molecular weight is 331 g/mol. The Morgan fingerprint density at radius 2 is 1.71 bits per heavy atom. The van der Waals surface area contributed by atoms with Crippen molar-refractivity contribution in [1.29, 1.82) is 0 Å². The Morgan fingerprint density at radius 1 is 1.00 bits per heavy atom. The summed E-state index contributed by atoms with van der Waals surface area (Å²) in [4.78, 5) is 12.4. The van der Waals surface area contributed by atoms with Crippen LogP contribution < -0.4 is 0 Å². The fraction of sp³-hybridized carbons (Fsp3) is 0.864. The average Bonchev–Trinajstić information content (AvgIpc) is 2.78. The molecule has 0 aromatic heterocycles. The van der Waals surface area contributed by atoms with Crippen LogP contribution >= 0.6 is 0 Å². The molecule has 0 radical (unpaired) electrons. The van der Waals surface area contributed by atoms with Crippen molar-refractivity contribution >= 4 is 5.78 Å². The van der Waals surface area contributed by atoms with E-state index in [1.54, 1.807) is 0 Å². The van der Waals surface area contributed by atoms with E-state index >= 15 is 0 Å². The van der Waals surface area contributed by atoms with Crippen molar-refractivity contribution in [3.05, 3.63) is 11.1 Å². The maximum Gasteiger partial charge on any atom is 0.158 e. The number of allylic oxidation sites excluding steroid dienone is 1. The second-order valence-corrected chi connectivity index (χ2v) is 9.84. The van der Waals surface area contributed by atoms with Gasteiger partial charge in [0, 0.05) is 6.42 Å². The van der Waals surface area contributed by atoms with Crippen molar-refractivity contribution in [2.45, 2.75) is 91.1 Å². The topological polar surface area (TPSA) is 37.3 Å². The Kier molecular flexibility index (Phi) is 3.64. The number of fused-ring (bicyclic) bond motifs is 5. The first-order chi connectivity index (χ1) is 11.2. The quantitative estimate of drug-likeness (QED) is 0.730. The number of hydrogen-bond acceptors (Lipinski definition) is 2. The molecule has 24 heavy (non-hydrogen) atoms. The lowest BCUT2D eigenvalue weighted by Gasteiger charge is -2.59. The molecule has 2 nitrogen and oxygen atoms in total. The highest BCUT2D eigenvalue weighted by Gasteiger charge is 2.62. The molecule has 3 fully saturated rings. The first kappa shape index (κ1) is 16.8. The van der Waals surface area contributed by atoms with E-state index in [-0.39, 0.29) is 10.8 Å². The van der Waals surface area contributed by atoms with Crippen LogP contribution in [0.5, 0.6) is 0 Å². The lowest BCUT2D eigenvalue weighted by Crippen LogP contribution is -2.54. The number of carbonyl (C=O) groups excluding carboxylic acids is 1. The molecule has 4 aliphatic carbocycles. The number of Topliss-reactive ketones (excluding diaryl/α,β-unsaturated/α-hetero) is 1. The van der Waals surface area contributed by atoms with E-state index in [1.165, 1.54) is 30.4 Å². The van der Waals surface area contributed by atoms with Crippen LogP contribution in [-0.2, 0) is 4.79 Å². The third kappa shape index (κ3) is 1.95. The van der Waals surface area contributed by atoms with Crippen LogP contribution in [0, 0.1) is 28.6 Å². The molecule has 0 bridgehead atoms. The zero-order valence-electron chi connectivity index (χ0n) is 16.0. The van der Waals surface area contributed by atoms with Gasteiger partial charge in [0.05, 0.1) is 5.60 Å². The van der Waals surface area contributed by atoms with Crippen molar-refractivity contribution in [2.24, 2.45) is 28.6 Å². The fourth-order valence-electron chi connectivity index (χ4n) is 7.48. The van der Waals surface area contributed by atoms with Gasteiger partial charge in [-0.05, 0) is 92.4 Å². The van der Waals surface area contributed by atoms with Gasteiger partial charge in [0.15, 0.2) is 5.78 Å². The Labute approximate surface area is 147 Å². The van der Waals surface area contributed by atoms with Crippen LogP contribution in [0.4, 0.5) is 0 Å². The van der Waals surface area contributed by atoms with Crippen molar-refractivity contribution in [3.8, 4) is 0 Å². The Morgan fingerprint density at radius 3 is 2.42 bits per heavy atom. The lowest BCUT2D eigenvalue weighted by molar-refractivity contribution is -0.125. The highest BCUT2D eigenvalue weighted by Crippen LogP contribution is 2.67. The number of rotatable bonds is 1. The SMILES string of the molecule is CCC1=C2CC[C@@H]3[C@H](CC[C@]4(C)[C@H]3CC[C@]4(C)O)[C@]2(C)CCC1=O. The predicted molar refractivity (Wildman–Crippen MR) is 96.6 cm³/mol. The fourth-order valence-corrected chi connectivity index (χ4v) is 7.48. The van der Waals surface area contributed by atoms with Crippen molar-refractivity contribution in [3.63, 3.8) is 0 Å². The van der Waals surface area contributed by atoms with E-state index in [2.05, 4.69) is 27.7 Å². The molecule has 6 atom stereocenters. The Balaban J connectivity index is 1.73. The Bertz CT molecular complexity index is 601. The molecule has 1 N–H and O–H groups in total. The van der Waals surface area contributed by atoms with Crippen LogP contribution in [0.15, 0.2) is 11.1 Å². The molecule has 0 aromatic rings. The van der Waals surface area contributed by atoms with Gasteiger partial charge in [0.1, 0.15) is 0 Å². The summed E-state index contributed by atoms with van der Waals surface area (Å²) < 4.78 is 0. The zero-order chi connectivity index (χ0) is 17.3. The van der Waals surface area contributed by atoms with Crippen LogP contribution in [0.3, 0.4) is 0 Å². The van der Waals surface area contributed by atoms with Gasteiger partial charge >= 0.3 is 0 Å². The monoisotopic (exact) mass is 330 g/mol. The minimum absolute atomic E-state index is 0.101. The summed E-state index contributed by atoms with van der Waals surface area (Å²) in [6.07, 6.45) is 9.65. The number of carbonyl (C=O) groups is 1. The van der Waals surface area contributed by atoms with E-state index < -0.39 is 5.60 Å². The second kappa shape index (κ2) is 5.19. The van der Waals surface area contributed by atoms with E-state index in [4.69, 9.17) is 0 Å². The van der Waals surface area contributed by atoms with Crippen LogP contribution in [0.2, 0.25) is 0 Å². The maximum atomic E-state index is 12.4. The first-order valence-corrected chi connectivity index (χ1v) is 10.2. The van der Waals surface area contributed by atoms with E-state index in [0.29, 0.717) is 11.7 Å². The largest absolute Gasteiger partial charge is 0.390 e. The van der Waals surface area contributed by atoms with Crippen LogP contribution in [0.25, 0.3) is 0 Å². The molecule has 0 aromatic carbocycles. The van der Waals surface area contributed by atoms with E-state index in [1.807, 2.05) is 0 Å². The molecule has 0 amide bonds. The van der Waals surface area contributed by atoms with Gasteiger partial charge in [-0.1, -0.05) is 26.3 Å². The minimum Gasteiger partial charge on any atom is -0.390 e. The summed E-state index contributed by atoms with van der Waals surface area (Å²) in [6.45, 7) is 9.06. The smallest absolute Gasteiger partial charge is 0.158 e. The Hall–Kier alpha value is -0.630. The summed E-state index contributed by atoms with van der Waals surface area (Å²) in [6, 6.07) is 0. The van der Waals surface area contributed by atoms with E-state index in [0.717, 1.165) is 50.4 Å². The predicted octanol–water partition coefficient (Wildman–Crippen LogP) is 5.05. The summed E-state index contributed by atoms with van der Waals surface area (Å²) in [5.41, 5.74) is 2.56. The van der Waals surface area contributed by atoms with Gasteiger partial charge in [-0.15, -0.1) is 0 Å². The lowest BCUT2D eigenvalue weighted by atomic mass is 9.46. The van der Waals surface area contributed by atoms with Crippen molar-refractivity contribution < 1.29 is 9.90 Å². The summed E-state index contributed by atoms with van der Waals surface area (Å²) in [5, 5.41) is 11.0. The normalized spacial score (nSPS) is 51.2. The van der Waals surface area contributed by atoms with Crippen molar-refractivity contribution in [2.75, 3.05) is 0 Å². The molecular formula is C22H34O2. The molecule has 4 aliphatic rings. The van der Waals surface area contributed by atoms with Crippen LogP contribution in [-0.4, -0.2) is 16.5 Å².